The second kappa shape index (κ2) is 8.65. The molecule has 3 nitrogen and oxygen atoms in total. The lowest BCUT2D eigenvalue weighted by molar-refractivity contribution is -0.131. The Bertz CT molecular complexity index is 619. The van der Waals surface area contributed by atoms with Crippen LogP contribution in [0.5, 0.6) is 0 Å². The van der Waals surface area contributed by atoms with Crippen molar-refractivity contribution in [3.05, 3.63) is 71.8 Å². The number of carbonyl (C=O) groups is 1. The van der Waals surface area contributed by atoms with E-state index in [9.17, 15) is 4.79 Å². The first-order valence-corrected chi connectivity index (χ1v) is 8.87. The molecule has 2 aromatic rings. The second-order valence-corrected chi connectivity index (χ2v) is 6.60. The molecule has 1 heterocycles. The summed E-state index contributed by atoms with van der Waals surface area (Å²) in [6.45, 7) is 2.96. The molecular formula is C21H26N2O. The molecule has 1 N–H and O–H groups in total. The van der Waals surface area contributed by atoms with Crippen LogP contribution >= 0.6 is 0 Å². The number of hydrogen-bond acceptors (Lipinski definition) is 2. The van der Waals surface area contributed by atoms with Crippen LogP contribution in [0.3, 0.4) is 0 Å². The highest BCUT2D eigenvalue weighted by Crippen LogP contribution is 2.21. The van der Waals surface area contributed by atoms with Gasteiger partial charge in [0, 0.05) is 19.6 Å². The van der Waals surface area contributed by atoms with E-state index < -0.39 is 0 Å². The van der Waals surface area contributed by atoms with Crippen LogP contribution in [0.4, 0.5) is 0 Å². The number of amides is 1. The molecule has 0 aliphatic carbocycles. The third-order valence-corrected chi connectivity index (χ3v) is 4.78. The highest BCUT2D eigenvalue weighted by molar-refractivity contribution is 5.78. The fourth-order valence-electron chi connectivity index (χ4n) is 3.36. The Kier molecular flexibility index (Phi) is 6.02. The molecule has 0 radical (unpaired) electrons. The molecule has 0 unspecified atom stereocenters. The summed E-state index contributed by atoms with van der Waals surface area (Å²) in [6, 6.07) is 20.9. The number of likely N-dealkylation sites (tertiary alicyclic amines) is 1. The lowest BCUT2D eigenvalue weighted by Gasteiger charge is -2.32. The summed E-state index contributed by atoms with van der Waals surface area (Å²) in [4.78, 5) is 14.3. The van der Waals surface area contributed by atoms with Gasteiger partial charge in [-0.3, -0.25) is 4.79 Å². The second-order valence-electron chi connectivity index (χ2n) is 6.60. The van der Waals surface area contributed by atoms with Gasteiger partial charge in [0.25, 0.3) is 0 Å². The number of nitrogens with zero attached hydrogens (tertiary/aromatic N) is 1. The van der Waals surface area contributed by atoms with E-state index in [-0.39, 0.29) is 5.91 Å². The molecule has 2 aromatic carbocycles. The molecule has 3 heteroatoms. The highest BCUT2D eigenvalue weighted by Gasteiger charge is 2.22. The van der Waals surface area contributed by atoms with Crippen LogP contribution in [0.2, 0.25) is 0 Å². The van der Waals surface area contributed by atoms with Gasteiger partial charge in [-0.05, 0) is 36.3 Å². The lowest BCUT2D eigenvalue weighted by Crippen LogP contribution is -2.43. The molecule has 1 fully saturated rings. The first-order chi connectivity index (χ1) is 11.8. The van der Waals surface area contributed by atoms with Crippen LogP contribution in [0, 0.1) is 5.92 Å². The van der Waals surface area contributed by atoms with Crippen LogP contribution < -0.4 is 5.32 Å². The molecule has 3 rings (SSSR count). The van der Waals surface area contributed by atoms with Crippen molar-refractivity contribution in [2.75, 3.05) is 19.6 Å². The van der Waals surface area contributed by atoms with E-state index in [1.807, 2.05) is 23.1 Å². The molecule has 24 heavy (non-hydrogen) atoms. The van der Waals surface area contributed by atoms with Crippen LogP contribution in [0.25, 0.3) is 0 Å². The van der Waals surface area contributed by atoms with Gasteiger partial charge in [-0.2, -0.15) is 0 Å². The fourth-order valence-corrected chi connectivity index (χ4v) is 3.36. The minimum absolute atomic E-state index is 0.226. The summed E-state index contributed by atoms with van der Waals surface area (Å²) >= 11 is 0. The van der Waals surface area contributed by atoms with Gasteiger partial charge in [0.2, 0.25) is 5.91 Å². The van der Waals surface area contributed by atoms with Gasteiger partial charge in [-0.15, -0.1) is 0 Å². The summed E-state index contributed by atoms with van der Waals surface area (Å²) < 4.78 is 0. The Hall–Kier alpha value is -2.13. The number of benzene rings is 2. The summed E-state index contributed by atoms with van der Waals surface area (Å²) in [7, 11) is 0. The van der Waals surface area contributed by atoms with E-state index in [0.29, 0.717) is 12.5 Å². The zero-order valence-corrected chi connectivity index (χ0v) is 14.2. The largest absolute Gasteiger partial charge is 0.342 e. The normalized spacial score (nSPS) is 15.4. The van der Waals surface area contributed by atoms with Crippen LogP contribution in [0.15, 0.2) is 60.7 Å². The predicted molar refractivity (Wildman–Crippen MR) is 97.6 cm³/mol. The van der Waals surface area contributed by atoms with Gasteiger partial charge in [0.15, 0.2) is 0 Å². The highest BCUT2D eigenvalue weighted by atomic mass is 16.2. The molecule has 0 saturated carbocycles. The van der Waals surface area contributed by atoms with E-state index in [2.05, 4.69) is 47.8 Å². The Morgan fingerprint density at radius 2 is 1.50 bits per heavy atom. The number of rotatable bonds is 6. The molecular weight excluding hydrogens is 296 g/mol. The summed E-state index contributed by atoms with van der Waals surface area (Å²) in [6.07, 6.45) is 3.35. The molecule has 1 aliphatic rings. The first-order valence-electron chi connectivity index (χ1n) is 8.87. The predicted octanol–water partition coefficient (Wildman–Crippen LogP) is 3.26. The number of hydrogen-bond donors (Lipinski definition) is 1. The lowest BCUT2D eigenvalue weighted by atomic mass is 9.90. The number of nitrogens with one attached hydrogen (secondary N) is 1. The molecule has 1 amide bonds. The van der Waals surface area contributed by atoms with Crippen molar-refractivity contribution in [1.82, 2.24) is 10.2 Å². The molecule has 0 spiro atoms. The van der Waals surface area contributed by atoms with Crippen LogP contribution in [0.1, 0.15) is 24.0 Å². The van der Waals surface area contributed by atoms with Crippen molar-refractivity contribution in [2.45, 2.75) is 25.8 Å². The quantitative estimate of drug-likeness (QED) is 0.885. The fraction of sp³-hybridized carbons (Fsp3) is 0.381. The van der Waals surface area contributed by atoms with Gasteiger partial charge in [0.05, 0.1) is 6.54 Å². The minimum Gasteiger partial charge on any atom is -0.342 e. The third-order valence-electron chi connectivity index (χ3n) is 4.78. The maximum atomic E-state index is 12.3. The summed E-state index contributed by atoms with van der Waals surface area (Å²) in [5.41, 5.74) is 2.62. The average Bonchev–Trinajstić information content (AvgIpc) is 2.64. The Labute approximate surface area is 144 Å². The zero-order chi connectivity index (χ0) is 16.6. The summed E-state index contributed by atoms with van der Waals surface area (Å²) in [5.74, 6) is 0.929. The number of piperidine rings is 1. The number of carbonyl (C=O) groups excluding carboxylic acids is 1. The van der Waals surface area contributed by atoms with Gasteiger partial charge in [-0.1, -0.05) is 60.7 Å². The van der Waals surface area contributed by atoms with Crippen molar-refractivity contribution in [1.29, 1.82) is 0 Å². The van der Waals surface area contributed by atoms with Crippen molar-refractivity contribution in [2.24, 2.45) is 5.92 Å². The molecule has 0 atom stereocenters. The standard InChI is InChI=1S/C21H26N2O/c24-21(17-22-16-20-9-5-2-6-10-20)23-13-11-19(12-14-23)15-18-7-3-1-4-8-18/h1-10,19,22H,11-17H2. The van der Waals surface area contributed by atoms with E-state index in [1.54, 1.807) is 0 Å². The first kappa shape index (κ1) is 16.7. The van der Waals surface area contributed by atoms with Crippen molar-refractivity contribution < 1.29 is 4.79 Å². The smallest absolute Gasteiger partial charge is 0.236 e. The summed E-state index contributed by atoms with van der Waals surface area (Å²) in [5, 5.41) is 3.26. The van der Waals surface area contributed by atoms with E-state index in [0.717, 1.165) is 38.9 Å². The van der Waals surface area contributed by atoms with E-state index >= 15 is 0 Å². The maximum absolute atomic E-state index is 12.3. The Morgan fingerprint density at radius 1 is 0.917 bits per heavy atom. The van der Waals surface area contributed by atoms with Crippen molar-refractivity contribution >= 4 is 5.91 Å². The van der Waals surface area contributed by atoms with Crippen molar-refractivity contribution in [3.8, 4) is 0 Å². The molecule has 1 aliphatic heterocycles. The van der Waals surface area contributed by atoms with Gasteiger partial charge in [-0.25, -0.2) is 0 Å². The molecule has 0 bridgehead atoms. The van der Waals surface area contributed by atoms with Gasteiger partial charge < -0.3 is 10.2 Å². The Morgan fingerprint density at radius 3 is 2.12 bits per heavy atom. The monoisotopic (exact) mass is 322 g/mol. The van der Waals surface area contributed by atoms with Gasteiger partial charge in [0.1, 0.15) is 0 Å². The van der Waals surface area contributed by atoms with Gasteiger partial charge >= 0.3 is 0 Å². The average molecular weight is 322 g/mol. The zero-order valence-electron chi connectivity index (χ0n) is 14.2. The molecule has 0 aromatic heterocycles. The minimum atomic E-state index is 0.226. The van der Waals surface area contributed by atoms with Crippen molar-refractivity contribution in [3.63, 3.8) is 0 Å². The SMILES string of the molecule is O=C(CNCc1ccccc1)N1CCC(Cc2ccccc2)CC1. The topological polar surface area (TPSA) is 32.3 Å². The third kappa shape index (κ3) is 4.93. The van der Waals surface area contributed by atoms with E-state index in [1.165, 1.54) is 11.1 Å². The van der Waals surface area contributed by atoms with E-state index in [4.69, 9.17) is 0 Å². The molecule has 126 valence electrons. The van der Waals surface area contributed by atoms with Crippen LogP contribution in [-0.2, 0) is 17.8 Å². The Balaban J connectivity index is 1.37. The molecule has 1 saturated heterocycles. The maximum Gasteiger partial charge on any atom is 0.236 e. The van der Waals surface area contributed by atoms with Crippen LogP contribution in [-0.4, -0.2) is 30.4 Å².